The molecular weight excluding hydrogens is 164 g/mol. The Labute approximate surface area is 79.1 Å². The molecule has 1 rings (SSSR count). The van der Waals surface area contributed by atoms with Gasteiger partial charge in [0.15, 0.2) is 0 Å². The maximum absolute atomic E-state index is 5.63. The molecule has 3 N–H and O–H groups in total. The Hall–Kier alpha value is -1.03. The van der Waals surface area contributed by atoms with Crippen molar-refractivity contribution in [3.63, 3.8) is 0 Å². The maximum atomic E-state index is 5.63. The third-order valence-corrected chi connectivity index (χ3v) is 1.86. The average molecular weight is 182 g/mol. The lowest BCUT2D eigenvalue weighted by Gasteiger charge is -2.05. The van der Waals surface area contributed by atoms with Gasteiger partial charge in [0, 0.05) is 31.9 Å². The van der Waals surface area contributed by atoms with E-state index in [1.807, 2.05) is 26.2 Å². The molecule has 74 valence electrons. The van der Waals surface area contributed by atoms with Crippen LogP contribution in [0.1, 0.15) is 19.8 Å². The van der Waals surface area contributed by atoms with Gasteiger partial charge in [-0.05, 0) is 19.8 Å². The quantitative estimate of drug-likeness (QED) is 0.667. The molecule has 1 atom stereocenters. The van der Waals surface area contributed by atoms with Gasteiger partial charge in [-0.3, -0.25) is 4.68 Å². The molecule has 0 aliphatic rings. The standard InChI is InChI=1S/C9H18N4/c1-8(10)4-3-6-11-9-5-7-13(2)12-9/h5,7-8H,3-4,6,10H2,1-2H3,(H,11,12). The van der Waals surface area contributed by atoms with E-state index in [1.54, 1.807) is 4.68 Å². The van der Waals surface area contributed by atoms with E-state index in [2.05, 4.69) is 10.4 Å². The van der Waals surface area contributed by atoms with Crippen molar-refractivity contribution in [2.75, 3.05) is 11.9 Å². The lowest BCUT2D eigenvalue weighted by Crippen LogP contribution is -2.16. The Morgan fingerprint density at radius 1 is 1.69 bits per heavy atom. The maximum Gasteiger partial charge on any atom is 0.147 e. The zero-order valence-corrected chi connectivity index (χ0v) is 8.33. The van der Waals surface area contributed by atoms with Gasteiger partial charge in [-0.25, -0.2) is 0 Å². The number of nitrogens with two attached hydrogens (primary N) is 1. The van der Waals surface area contributed by atoms with Gasteiger partial charge >= 0.3 is 0 Å². The Morgan fingerprint density at radius 2 is 2.46 bits per heavy atom. The first-order valence-corrected chi connectivity index (χ1v) is 4.67. The molecule has 1 heterocycles. The third-order valence-electron chi connectivity index (χ3n) is 1.86. The summed E-state index contributed by atoms with van der Waals surface area (Å²) in [6.07, 6.45) is 4.07. The SMILES string of the molecule is CC(N)CCCNc1ccn(C)n1. The van der Waals surface area contributed by atoms with Crippen LogP contribution in [0.15, 0.2) is 12.3 Å². The fraction of sp³-hybridized carbons (Fsp3) is 0.667. The summed E-state index contributed by atoms with van der Waals surface area (Å²) >= 11 is 0. The van der Waals surface area contributed by atoms with E-state index in [-0.39, 0.29) is 0 Å². The average Bonchev–Trinajstić information content (AvgIpc) is 2.45. The molecule has 0 aromatic carbocycles. The Bertz CT molecular complexity index is 242. The minimum Gasteiger partial charge on any atom is -0.369 e. The molecule has 1 unspecified atom stereocenters. The van der Waals surface area contributed by atoms with E-state index in [0.29, 0.717) is 6.04 Å². The number of rotatable bonds is 5. The van der Waals surface area contributed by atoms with Crippen molar-refractivity contribution in [1.82, 2.24) is 9.78 Å². The van der Waals surface area contributed by atoms with Crippen molar-refractivity contribution < 1.29 is 0 Å². The van der Waals surface area contributed by atoms with Crippen LogP contribution >= 0.6 is 0 Å². The van der Waals surface area contributed by atoms with Gasteiger partial charge in [0.2, 0.25) is 0 Å². The summed E-state index contributed by atoms with van der Waals surface area (Å²) in [6, 6.07) is 2.26. The van der Waals surface area contributed by atoms with Crippen LogP contribution in [-0.2, 0) is 7.05 Å². The summed E-state index contributed by atoms with van der Waals surface area (Å²) in [5.74, 6) is 0.937. The zero-order valence-electron chi connectivity index (χ0n) is 8.33. The molecule has 4 heteroatoms. The molecule has 0 amide bonds. The van der Waals surface area contributed by atoms with Crippen molar-refractivity contribution in [3.8, 4) is 0 Å². The lowest BCUT2D eigenvalue weighted by molar-refractivity contribution is 0.638. The van der Waals surface area contributed by atoms with Gasteiger partial charge in [0.05, 0.1) is 0 Å². The number of aryl methyl sites for hydroxylation is 1. The van der Waals surface area contributed by atoms with Gasteiger partial charge in [-0.15, -0.1) is 0 Å². The minimum atomic E-state index is 0.297. The van der Waals surface area contributed by atoms with Crippen molar-refractivity contribution in [2.24, 2.45) is 12.8 Å². The van der Waals surface area contributed by atoms with E-state index in [4.69, 9.17) is 5.73 Å². The summed E-state index contributed by atoms with van der Waals surface area (Å²) in [5, 5.41) is 7.43. The molecule has 0 spiro atoms. The molecule has 13 heavy (non-hydrogen) atoms. The van der Waals surface area contributed by atoms with E-state index in [9.17, 15) is 0 Å². The molecule has 1 aromatic heterocycles. The van der Waals surface area contributed by atoms with Crippen LogP contribution in [-0.4, -0.2) is 22.4 Å². The van der Waals surface area contributed by atoms with Crippen LogP contribution in [0.25, 0.3) is 0 Å². The van der Waals surface area contributed by atoms with Crippen LogP contribution in [0.5, 0.6) is 0 Å². The smallest absolute Gasteiger partial charge is 0.147 e. The van der Waals surface area contributed by atoms with Crippen LogP contribution in [0.2, 0.25) is 0 Å². The highest BCUT2D eigenvalue weighted by Gasteiger charge is 1.96. The highest BCUT2D eigenvalue weighted by Crippen LogP contribution is 2.01. The second kappa shape index (κ2) is 4.87. The summed E-state index contributed by atoms with van der Waals surface area (Å²) in [7, 11) is 1.91. The van der Waals surface area contributed by atoms with Crippen LogP contribution in [0, 0.1) is 0 Å². The van der Waals surface area contributed by atoms with Crippen LogP contribution in [0.4, 0.5) is 5.82 Å². The first-order valence-electron chi connectivity index (χ1n) is 4.67. The normalized spacial score (nSPS) is 12.8. The topological polar surface area (TPSA) is 55.9 Å². The van der Waals surface area contributed by atoms with E-state index in [1.165, 1.54) is 0 Å². The number of aromatic nitrogens is 2. The number of hydrogen-bond donors (Lipinski definition) is 2. The Balaban J connectivity index is 2.13. The molecule has 1 aromatic rings. The van der Waals surface area contributed by atoms with Crippen LogP contribution < -0.4 is 11.1 Å². The van der Waals surface area contributed by atoms with Crippen molar-refractivity contribution in [3.05, 3.63) is 12.3 Å². The molecule has 0 aliphatic heterocycles. The predicted molar refractivity (Wildman–Crippen MR) is 54.6 cm³/mol. The molecule has 0 aliphatic carbocycles. The number of anilines is 1. The highest BCUT2D eigenvalue weighted by molar-refractivity contribution is 5.31. The van der Waals surface area contributed by atoms with Crippen LogP contribution in [0.3, 0.4) is 0 Å². The number of nitrogens with one attached hydrogen (secondary N) is 1. The zero-order chi connectivity index (χ0) is 9.68. The van der Waals surface area contributed by atoms with Gasteiger partial charge in [-0.2, -0.15) is 5.10 Å². The first kappa shape index (κ1) is 10.1. The monoisotopic (exact) mass is 182 g/mol. The highest BCUT2D eigenvalue weighted by atomic mass is 15.3. The molecular formula is C9H18N4. The van der Waals surface area contributed by atoms with E-state index in [0.717, 1.165) is 25.2 Å². The summed E-state index contributed by atoms with van der Waals surface area (Å²) in [5.41, 5.74) is 5.63. The van der Waals surface area contributed by atoms with Gasteiger partial charge < -0.3 is 11.1 Å². The van der Waals surface area contributed by atoms with Crippen molar-refractivity contribution >= 4 is 5.82 Å². The fourth-order valence-corrected chi connectivity index (χ4v) is 1.15. The third kappa shape index (κ3) is 3.94. The molecule has 0 saturated heterocycles. The van der Waals surface area contributed by atoms with Crippen molar-refractivity contribution in [2.45, 2.75) is 25.8 Å². The number of hydrogen-bond acceptors (Lipinski definition) is 3. The molecule has 0 fully saturated rings. The molecule has 0 saturated carbocycles. The van der Waals surface area contributed by atoms with Gasteiger partial charge in [0.1, 0.15) is 5.82 Å². The minimum absolute atomic E-state index is 0.297. The Kier molecular flexibility index (Phi) is 3.76. The van der Waals surface area contributed by atoms with Gasteiger partial charge in [0.25, 0.3) is 0 Å². The van der Waals surface area contributed by atoms with E-state index >= 15 is 0 Å². The molecule has 0 bridgehead atoms. The first-order chi connectivity index (χ1) is 6.18. The molecule has 0 radical (unpaired) electrons. The molecule has 4 nitrogen and oxygen atoms in total. The summed E-state index contributed by atoms with van der Waals surface area (Å²) in [6.45, 7) is 2.97. The second-order valence-corrected chi connectivity index (χ2v) is 3.42. The Morgan fingerprint density at radius 3 is 3.00 bits per heavy atom. The lowest BCUT2D eigenvalue weighted by atomic mass is 10.2. The van der Waals surface area contributed by atoms with Crippen molar-refractivity contribution in [1.29, 1.82) is 0 Å². The largest absolute Gasteiger partial charge is 0.369 e. The predicted octanol–water partition coefficient (Wildman–Crippen LogP) is 0.959. The fourth-order valence-electron chi connectivity index (χ4n) is 1.15. The second-order valence-electron chi connectivity index (χ2n) is 3.42. The summed E-state index contributed by atoms with van der Waals surface area (Å²) < 4.78 is 1.79. The summed E-state index contributed by atoms with van der Waals surface area (Å²) in [4.78, 5) is 0. The van der Waals surface area contributed by atoms with E-state index < -0.39 is 0 Å². The number of nitrogens with zero attached hydrogens (tertiary/aromatic N) is 2. The van der Waals surface area contributed by atoms with Gasteiger partial charge in [-0.1, -0.05) is 0 Å².